The lowest BCUT2D eigenvalue weighted by molar-refractivity contribution is -0.276. The van der Waals surface area contributed by atoms with Crippen molar-refractivity contribution in [1.82, 2.24) is 0 Å². The molecule has 244 valence electrons. The molecule has 0 atom stereocenters. The van der Waals surface area contributed by atoms with Gasteiger partial charge >= 0.3 is 12.5 Å². The third kappa shape index (κ3) is 8.16. The average Bonchev–Trinajstić information content (AvgIpc) is 2.98. The summed E-state index contributed by atoms with van der Waals surface area (Å²) in [6, 6.07) is 11.0. The van der Waals surface area contributed by atoms with Gasteiger partial charge in [-0.2, -0.15) is 8.78 Å². The summed E-state index contributed by atoms with van der Waals surface area (Å²) >= 11 is 0. The Hall–Kier alpha value is -4.59. The van der Waals surface area contributed by atoms with Crippen LogP contribution in [-0.4, -0.2) is 19.6 Å². The van der Waals surface area contributed by atoms with E-state index in [1.165, 1.54) is 36.4 Å². The molecule has 0 aliphatic rings. The number of alkyl halides is 5. The molecule has 0 spiro atoms. The van der Waals surface area contributed by atoms with Crippen LogP contribution in [0.2, 0.25) is 0 Å². The second-order valence-electron chi connectivity index (χ2n) is 9.62. The third-order valence-electron chi connectivity index (χ3n) is 6.29. The van der Waals surface area contributed by atoms with Crippen molar-refractivity contribution in [2.24, 2.45) is 0 Å². The maximum absolute atomic E-state index is 15.1. The molecule has 0 saturated heterocycles. The Labute approximate surface area is 254 Å². The van der Waals surface area contributed by atoms with E-state index in [9.17, 15) is 43.9 Å². The first-order valence-electron chi connectivity index (χ1n) is 13.2. The Morgan fingerprint density at radius 3 is 1.80 bits per heavy atom. The number of ether oxygens (including phenoxy) is 3. The average molecular weight is 662 g/mol. The summed E-state index contributed by atoms with van der Waals surface area (Å²) in [6.07, 6.45) is -9.43. The molecule has 0 fully saturated rings. The van der Waals surface area contributed by atoms with Gasteiger partial charge in [-0.3, -0.25) is 0 Å². The van der Waals surface area contributed by atoms with Gasteiger partial charge in [0.25, 0.3) is 0 Å². The standard InChI is InChI=1S/C32H21F11O3/c1-2-11-44-16-28(37)29(38)18-5-3-17(4-6-18)19-7-9-22(24(33)12-19)20-8-10-23(25(34)13-20)31(39,40)45-21-14-26(35)30(27(36)15-21)46-32(41,42)43/h3-10,12-15H,2,11,16H2,1H3. The van der Waals surface area contributed by atoms with E-state index in [1.54, 1.807) is 0 Å². The molecule has 0 aromatic heterocycles. The molecule has 0 unspecified atom stereocenters. The lowest BCUT2D eigenvalue weighted by Gasteiger charge is -2.20. The number of hydrogen-bond donors (Lipinski definition) is 0. The van der Waals surface area contributed by atoms with E-state index in [-0.39, 0.29) is 35.4 Å². The van der Waals surface area contributed by atoms with Crippen LogP contribution < -0.4 is 9.47 Å². The predicted octanol–water partition coefficient (Wildman–Crippen LogP) is 10.6. The Kier molecular flexibility index (Phi) is 10.3. The molecule has 0 heterocycles. The zero-order valence-corrected chi connectivity index (χ0v) is 23.4. The topological polar surface area (TPSA) is 27.7 Å². The first-order valence-corrected chi connectivity index (χ1v) is 13.2. The van der Waals surface area contributed by atoms with E-state index in [2.05, 4.69) is 9.47 Å². The fourth-order valence-electron chi connectivity index (χ4n) is 4.19. The highest BCUT2D eigenvalue weighted by Crippen LogP contribution is 2.38. The van der Waals surface area contributed by atoms with Crippen LogP contribution in [0.5, 0.6) is 11.5 Å². The Morgan fingerprint density at radius 2 is 1.24 bits per heavy atom. The normalized spacial score (nSPS) is 12.6. The molecular formula is C32H21F11O3. The van der Waals surface area contributed by atoms with Crippen molar-refractivity contribution in [1.29, 1.82) is 0 Å². The van der Waals surface area contributed by atoms with Crippen molar-refractivity contribution in [3.05, 3.63) is 113 Å². The fraction of sp³-hybridized carbons (Fsp3) is 0.188. The van der Waals surface area contributed by atoms with Crippen molar-refractivity contribution in [2.75, 3.05) is 13.2 Å². The van der Waals surface area contributed by atoms with Gasteiger partial charge in [0.05, 0.1) is 5.56 Å². The number of halogens is 11. The minimum Gasteiger partial charge on any atom is -0.429 e. The van der Waals surface area contributed by atoms with Crippen LogP contribution in [-0.2, 0) is 10.8 Å². The van der Waals surface area contributed by atoms with Crippen LogP contribution in [0.3, 0.4) is 0 Å². The predicted molar refractivity (Wildman–Crippen MR) is 145 cm³/mol. The highest BCUT2D eigenvalue weighted by atomic mass is 19.4. The van der Waals surface area contributed by atoms with Crippen LogP contribution in [0.15, 0.2) is 78.6 Å². The molecule has 0 saturated carbocycles. The van der Waals surface area contributed by atoms with Crippen molar-refractivity contribution < 1.29 is 62.5 Å². The minimum atomic E-state index is -5.48. The SMILES string of the molecule is CCCOCC(F)=C(F)c1ccc(-c2ccc(-c3ccc(C(F)(F)Oc4cc(F)c(OC(F)(F)F)c(F)c4)c(F)c3)c(F)c2)cc1. The van der Waals surface area contributed by atoms with Gasteiger partial charge in [0.15, 0.2) is 23.3 Å². The van der Waals surface area contributed by atoms with Crippen LogP contribution in [0.1, 0.15) is 24.5 Å². The van der Waals surface area contributed by atoms with Crippen LogP contribution in [0.4, 0.5) is 48.3 Å². The van der Waals surface area contributed by atoms with E-state index < -0.39 is 71.1 Å². The molecule has 0 radical (unpaired) electrons. The maximum Gasteiger partial charge on any atom is 0.573 e. The molecule has 3 nitrogen and oxygen atoms in total. The summed E-state index contributed by atoms with van der Waals surface area (Å²) in [5.74, 6) is -11.9. The minimum absolute atomic E-state index is 0.0100. The third-order valence-corrected chi connectivity index (χ3v) is 6.29. The second kappa shape index (κ2) is 13.8. The highest BCUT2D eigenvalue weighted by Gasteiger charge is 2.39. The van der Waals surface area contributed by atoms with Crippen LogP contribution >= 0.6 is 0 Å². The molecule has 14 heteroatoms. The van der Waals surface area contributed by atoms with Crippen LogP contribution in [0, 0.1) is 23.3 Å². The zero-order valence-electron chi connectivity index (χ0n) is 23.4. The van der Waals surface area contributed by atoms with E-state index in [4.69, 9.17) is 4.74 Å². The molecular weight excluding hydrogens is 641 g/mol. The molecule has 4 aromatic rings. The molecule has 4 aromatic carbocycles. The van der Waals surface area contributed by atoms with E-state index in [0.717, 1.165) is 12.1 Å². The van der Waals surface area contributed by atoms with Gasteiger partial charge in [-0.1, -0.05) is 49.4 Å². The summed E-state index contributed by atoms with van der Waals surface area (Å²) in [5, 5.41) is 0. The number of hydrogen-bond acceptors (Lipinski definition) is 3. The summed E-state index contributed by atoms with van der Waals surface area (Å²) in [5.41, 5.74) is -1.18. The molecule has 0 amide bonds. The van der Waals surface area contributed by atoms with Gasteiger partial charge < -0.3 is 14.2 Å². The Bertz CT molecular complexity index is 1710. The monoisotopic (exact) mass is 662 g/mol. The van der Waals surface area contributed by atoms with Gasteiger partial charge in [-0.25, -0.2) is 26.3 Å². The lowest BCUT2D eigenvalue weighted by atomic mass is 9.98. The molecule has 0 aliphatic carbocycles. The number of benzene rings is 4. The fourth-order valence-corrected chi connectivity index (χ4v) is 4.19. The molecule has 0 N–H and O–H groups in total. The van der Waals surface area contributed by atoms with Crippen molar-refractivity contribution >= 4 is 5.83 Å². The van der Waals surface area contributed by atoms with Crippen LogP contribution in [0.25, 0.3) is 28.1 Å². The van der Waals surface area contributed by atoms with E-state index in [0.29, 0.717) is 29.7 Å². The van der Waals surface area contributed by atoms with Gasteiger partial charge in [-0.05, 0) is 41.3 Å². The number of rotatable bonds is 11. The van der Waals surface area contributed by atoms with Gasteiger partial charge in [0.1, 0.15) is 24.0 Å². The van der Waals surface area contributed by atoms with Crippen molar-refractivity contribution in [3.63, 3.8) is 0 Å². The van der Waals surface area contributed by atoms with Gasteiger partial charge in [0.2, 0.25) is 5.75 Å². The molecule has 4 rings (SSSR count). The quantitative estimate of drug-likeness (QED) is 0.118. The molecule has 46 heavy (non-hydrogen) atoms. The lowest BCUT2D eigenvalue weighted by Crippen LogP contribution is -2.24. The maximum atomic E-state index is 15.1. The second-order valence-corrected chi connectivity index (χ2v) is 9.62. The van der Waals surface area contributed by atoms with Gasteiger partial charge in [0, 0.05) is 29.9 Å². The summed E-state index contributed by atoms with van der Waals surface area (Å²) < 4.78 is 165. The highest BCUT2D eigenvalue weighted by molar-refractivity contribution is 5.73. The first kappa shape index (κ1) is 34.3. The van der Waals surface area contributed by atoms with E-state index >= 15 is 4.39 Å². The molecule has 0 bridgehead atoms. The molecule has 0 aliphatic heterocycles. The summed E-state index contributed by atoms with van der Waals surface area (Å²) in [7, 11) is 0. The first-order chi connectivity index (χ1) is 21.6. The van der Waals surface area contributed by atoms with Crippen molar-refractivity contribution in [3.8, 4) is 33.8 Å². The van der Waals surface area contributed by atoms with E-state index in [1.807, 2.05) is 6.92 Å². The van der Waals surface area contributed by atoms with Crippen molar-refractivity contribution in [2.45, 2.75) is 25.8 Å². The Balaban J connectivity index is 1.52. The summed E-state index contributed by atoms with van der Waals surface area (Å²) in [6.45, 7) is 1.54. The smallest absolute Gasteiger partial charge is 0.429 e. The van der Waals surface area contributed by atoms with Gasteiger partial charge in [-0.15, -0.1) is 13.2 Å². The summed E-state index contributed by atoms with van der Waals surface area (Å²) in [4.78, 5) is 0. The largest absolute Gasteiger partial charge is 0.573 e. The zero-order chi connectivity index (χ0) is 33.8. The Morgan fingerprint density at radius 1 is 0.652 bits per heavy atom.